The van der Waals surface area contributed by atoms with Gasteiger partial charge in [0.2, 0.25) is 0 Å². The normalized spacial score (nSPS) is 45.4. The lowest BCUT2D eigenvalue weighted by Crippen LogP contribution is -2.50. The van der Waals surface area contributed by atoms with Crippen LogP contribution in [0.3, 0.4) is 0 Å². The maximum absolute atomic E-state index is 4.84. The third-order valence-corrected chi connectivity index (χ3v) is 10.5. The molecule has 0 unspecified atom stereocenters. The maximum atomic E-state index is 4.84. The van der Waals surface area contributed by atoms with E-state index in [9.17, 15) is 0 Å². The van der Waals surface area contributed by atoms with E-state index < -0.39 is 0 Å². The van der Waals surface area contributed by atoms with Gasteiger partial charge in [0.05, 0.1) is 0 Å². The molecule has 3 saturated carbocycles. The highest BCUT2D eigenvalue weighted by molar-refractivity contribution is 7.80. The fraction of sp³-hybridized carbons (Fsp3) is 0.926. The van der Waals surface area contributed by atoms with Crippen LogP contribution >= 0.6 is 12.6 Å². The van der Waals surface area contributed by atoms with Crippen molar-refractivity contribution >= 4 is 12.6 Å². The van der Waals surface area contributed by atoms with E-state index in [0.717, 1.165) is 29.6 Å². The average Bonchev–Trinajstić information content (AvgIpc) is 2.98. The Kier molecular flexibility index (Phi) is 6.33. The van der Waals surface area contributed by atoms with Gasteiger partial charge in [0, 0.05) is 5.25 Å². The summed E-state index contributed by atoms with van der Waals surface area (Å²) in [5.74, 6) is 4.86. The number of thiol groups is 1. The van der Waals surface area contributed by atoms with Crippen LogP contribution in [0.2, 0.25) is 0 Å². The van der Waals surface area contributed by atoms with Gasteiger partial charge in [0.1, 0.15) is 0 Å². The summed E-state index contributed by atoms with van der Waals surface area (Å²) >= 11 is 4.84. The van der Waals surface area contributed by atoms with Gasteiger partial charge in [-0.05, 0) is 98.2 Å². The van der Waals surface area contributed by atoms with Crippen LogP contribution in [0.1, 0.15) is 111 Å². The Labute approximate surface area is 181 Å². The summed E-state index contributed by atoms with van der Waals surface area (Å²) in [6, 6.07) is 0. The van der Waals surface area contributed by atoms with Crippen LogP contribution in [0.15, 0.2) is 11.6 Å². The SMILES string of the molecule is CC(C)CCCCC[C@H]1CC[C@H]2[C@@H]3CC=C4C[C@@H](S)CC[C@]4(C)[C@H]3CC[C@]12C. The quantitative estimate of drug-likeness (QED) is 0.257. The van der Waals surface area contributed by atoms with Gasteiger partial charge >= 0.3 is 0 Å². The molecular formula is C27H46S. The number of hydrogen-bond donors (Lipinski definition) is 1. The minimum Gasteiger partial charge on any atom is -0.176 e. The van der Waals surface area contributed by atoms with E-state index >= 15 is 0 Å². The Hall–Kier alpha value is 0.0900. The molecule has 1 heteroatoms. The lowest BCUT2D eigenvalue weighted by molar-refractivity contribution is -0.0421. The first kappa shape index (κ1) is 21.3. The highest BCUT2D eigenvalue weighted by atomic mass is 32.1. The van der Waals surface area contributed by atoms with Crippen molar-refractivity contribution < 1.29 is 0 Å². The molecule has 0 N–H and O–H groups in total. The highest BCUT2D eigenvalue weighted by Gasteiger charge is 2.58. The number of allylic oxidation sites excluding steroid dienone is 2. The summed E-state index contributed by atoms with van der Waals surface area (Å²) in [7, 11) is 0. The molecule has 0 saturated heterocycles. The molecule has 0 aromatic rings. The van der Waals surface area contributed by atoms with Gasteiger partial charge in [0.15, 0.2) is 0 Å². The van der Waals surface area contributed by atoms with Crippen LogP contribution in [-0.2, 0) is 0 Å². The van der Waals surface area contributed by atoms with Crippen molar-refractivity contribution in [2.24, 2.45) is 40.4 Å². The zero-order valence-electron chi connectivity index (χ0n) is 19.2. The molecule has 0 radical (unpaired) electrons. The monoisotopic (exact) mass is 402 g/mol. The number of unbranched alkanes of at least 4 members (excludes halogenated alkanes) is 2. The predicted molar refractivity (Wildman–Crippen MR) is 126 cm³/mol. The second kappa shape index (κ2) is 8.32. The van der Waals surface area contributed by atoms with E-state index in [1.807, 2.05) is 0 Å². The van der Waals surface area contributed by atoms with Gasteiger partial charge in [-0.25, -0.2) is 0 Å². The van der Waals surface area contributed by atoms with E-state index in [0.29, 0.717) is 16.1 Å². The zero-order chi connectivity index (χ0) is 19.9. The van der Waals surface area contributed by atoms with Gasteiger partial charge in [-0.2, -0.15) is 12.6 Å². The van der Waals surface area contributed by atoms with Gasteiger partial charge in [0.25, 0.3) is 0 Å². The second-order valence-corrected chi connectivity index (χ2v) is 12.7. The van der Waals surface area contributed by atoms with Gasteiger partial charge < -0.3 is 0 Å². The minimum atomic E-state index is 0.512. The summed E-state index contributed by atoms with van der Waals surface area (Å²) in [5, 5.41) is 0.622. The van der Waals surface area contributed by atoms with E-state index in [1.54, 1.807) is 5.57 Å². The molecule has 0 heterocycles. The summed E-state index contributed by atoms with van der Waals surface area (Å²) in [4.78, 5) is 0. The Morgan fingerprint density at radius 2 is 1.82 bits per heavy atom. The van der Waals surface area contributed by atoms with Gasteiger partial charge in [-0.1, -0.05) is 65.0 Å². The molecule has 0 aromatic heterocycles. The number of hydrogen-bond acceptors (Lipinski definition) is 1. The first-order valence-electron chi connectivity index (χ1n) is 12.7. The van der Waals surface area contributed by atoms with Crippen LogP contribution in [0.4, 0.5) is 0 Å². The van der Waals surface area contributed by atoms with Gasteiger partial charge in [-0.15, -0.1) is 0 Å². The van der Waals surface area contributed by atoms with Gasteiger partial charge in [-0.3, -0.25) is 0 Å². The van der Waals surface area contributed by atoms with Crippen molar-refractivity contribution in [1.29, 1.82) is 0 Å². The summed E-state index contributed by atoms with van der Waals surface area (Å²) in [6.07, 6.45) is 21.5. The molecule has 4 aliphatic rings. The molecular weight excluding hydrogens is 356 g/mol. The fourth-order valence-corrected chi connectivity index (χ4v) is 8.67. The zero-order valence-corrected chi connectivity index (χ0v) is 20.1. The summed E-state index contributed by atoms with van der Waals surface area (Å²) < 4.78 is 0. The Morgan fingerprint density at radius 1 is 1.00 bits per heavy atom. The second-order valence-electron chi connectivity index (χ2n) is 12.0. The Bertz CT molecular complexity index is 577. The van der Waals surface area contributed by atoms with E-state index in [1.165, 1.54) is 83.5 Å². The lowest BCUT2D eigenvalue weighted by atomic mass is 9.47. The minimum absolute atomic E-state index is 0.512. The molecule has 0 bridgehead atoms. The largest absolute Gasteiger partial charge is 0.176 e. The summed E-state index contributed by atoms with van der Waals surface area (Å²) in [5.41, 5.74) is 2.96. The maximum Gasteiger partial charge on any atom is 0.00545 e. The molecule has 0 aromatic carbocycles. The molecule has 7 atom stereocenters. The molecule has 0 nitrogen and oxygen atoms in total. The van der Waals surface area contributed by atoms with E-state index in [2.05, 4.69) is 33.8 Å². The molecule has 4 aliphatic carbocycles. The molecule has 4 rings (SSSR count). The Balaban J connectivity index is 1.41. The molecule has 28 heavy (non-hydrogen) atoms. The van der Waals surface area contributed by atoms with Crippen LogP contribution < -0.4 is 0 Å². The topological polar surface area (TPSA) is 0 Å². The van der Waals surface area contributed by atoms with Crippen LogP contribution in [0.5, 0.6) is 0 Å². The standard InChI is InChI=1S/C27H46S/c1-19(2)8-6-5-7-9-20-11-13-24-23-12-10-21-18-22(28)14-16-27(21,4)25(23)15-17-26(20,24)3/h10,19-20,22-25,28H,5-9,11-18H2,1-4H3/t20-,22-,23-,24-,25-,26+,27-/m0/s1. The molecule has 3 fully saturated rings. The van der Waals surface area contributed by atoms with Crippen molar-refractivity contribution in [3.05, 3.63) is 11.6 Å². The van der Waals surface area contributed by atoms with Crippen LogP contribution in [0, 0.1) is 40.4 Å². The van der Waals surface area contributed by atoms with Crippen molar-refractivity contribution in [3.8, 4) is 0 Å². The van der Waals surface area contributed by atoms with Crippen LogP contribution in [-0.4, -0.2) is 5.25 Å². The lowest BCUT2D eigenvalue weighted by Gasteiger charge is -2.58. The third kappa shape index (κ3) is 3.76. The average molecular weight is 403 g/mol. The van der Waals surface area contributed by atoms with Crippen molar-refractivity contribution in [2.45, 2.75) is 116 Å². The molecule has 0 spiro atoms. The summed E-state index contributed by atoms with van der Waals surface area (Å²) in [6.45, 7) is 10.1. The third-order valence-electron chi connectivity index (χ3n) is 10.1. The van der Waals surface area contributed by atoms with Crippen molar-refractivity contribution in [2.75, 3.05) is 0 Å². The first-order chi connectivity index (χ1) is 13.3. The van der Waals surface area contributed by atoms with Crippen LogP contribution in [0.25, 0.3) is 0 Å². The smallest absolute Gasteiger partial charge is 0.00545 e. The van der Waals surface area contributed by atoms with E-state index in [4.69, 9.17) is 12.6 Å². The number of rotatable bonds is 6. The highest BCUT2D eigenvalue weighted by Crippen LogP contribution is 2.66. The van der Waals surface area contributed by atoms with Crippen molar-refractivity contribution in [3.63, 3.8) is 0 Å². The van der Waals surface area contributed by atoms with Crippen molar-refractivity contribution in [1.82, 2.24) is 0 Å². The molecule has 0 aliphatic heterocycles. The number of fused-ring (bicyclic) bond motifs is 5. The van der Waals surface area contributed by atoms with E-state index in [-0.39, 0.29) is 0 Å². The first-order valence-corrected chi connectivity index (χ1v) is 13.2. The Morgan fingerprint density at radius 3 is 2.61 bits per heavy atom. The fourth-order valence-electron chi connectivity index (χ4n) is 8.34. The molecule has 160 valence electrons. The predicted octanol–water partition coefficient (Wildman–Crippen LogP) is 8.47. The molecule has 0 amide bonds.